The molecule has 11 heteroatoms. The van der Waals surface area contributed by atoms with Gasteiger partial charge in [0.05, 0.1) is 16.5 Å². The van der Waals surface area contributed by atoms with Crippen molar-refractivity contribution in [3.05, 3.63) is 88.6 Å². The third-order valence-corrected chi connectivity index (χ3v) is 4.84. The normalized spacial score (nSPS) is 11.8. The molecule has 0 unspecified atom stereocenters. The minimum atomic E-state index is -4.67. The minimum absolute atomic E-state index is 0.00130. The number of rotatable bonds is 3. The molecular formula is C22H12F4N6O. The number of nitrogens with one attached hydrogen (secondary N) is 1. The third-order valence-electron chi connectivity index (χ3n) is 4.84. The van der Waals surface area contributed by atoms with Gasteiger partial charge in [-0.2, -0.15) is 17.7 Å². The molecule has 0 amide bonds. The lowest BCUT2D eigenvalue weighted by atomic mass is 10.1. The van der Waals surface area contributed by atoms with Crippen LogP contribution < -0.4 is 10.9 Å². The average molecular weight is 452 g/mol. The van der Waals surface area contributed by atoms with Gasteiger partial charge in [0.2, 0.25) is 5.95 Å². The molecule has 164 valence electrons. The molecule has 5 rings (SSSR count). The number of halogens is 4. The molecule has 3 aromatic heterocycles. The minimum Gasteiger partial charge on any atom is -0.319 e. The van der Waals surface area contributed by atoms with Crippen LogP contribution in [0.15, 0.2) is 71.7 Å². The fourth-order valence-electron chi connectivity index (χ4n) is 3.36. The highest BCUT2D eigenvalue weighted by Gasteiger charge is 2.34. The average Bonchev–Trinajstić information content (AvgIpc) is 3.13. The van der Waals surface area contributed by atoms with Crippen LogP contribution in [0.25, 0.3) is 27.9 Å². The largest absolute Gasteiger partial charge is 0.417 e. The number of anilines is 2. The fraction of sp³-hybridized carbons (Fsp3) is 0.0455. The van der Waals surface area contributed by atoms with Crippen molar-refractivity contribution >= 4 is 28.2 Å². The number of benzene rings is 2. The number of hydrogen-bond donors (Lipinski definition) is 1. The van der Waals surface area contributed by atoms with Crippen molar-refractivity contribution in [2.24, 2.45) is 0 Å². The van der Waals surface area contributed by atoms with Crippen molar-refractivity contribution in [3.63, 3.8) is 0 Å². The second kappa shape index (κ2) is 7.62. The van der Waals surface area contributed by atoms with Gasteiger partial charge in [0.25, 0.3) is 5.56 Å². The van der Waals surface area contributed by atoms with E-state index in [0.29, 0.717) is 5.56 Å². The Morgan fingerprint density at radius 2 is 1.70 bits per heavy atom. The summed E-state index contributed by atoms with van der Waals surface area (Å²) in [5.41, 5.74) is -1.23. The number of aromatic nitrogens is 5. The molecule has 0 spiro atoms. The molecule has 7 nitrogen and oxygen atoms in total. The summed E-state index contributed by atoms with van der Waals surface area (Å²) in [5.74, 6) is -0.463. The topological polar surface area (TPSA) is 85.1 Å². The van der Waals surface area contributed by atoms with Crippen LogP contribution in [0.1, 0.15) is 5.56 Å². The van der Waals surface area contributed by atoms with Gasteiger partial charge < -0.3 is 5.32 Å². The molecule has 0 bridgehead atoms. The summed E-state index contributed by atoms with van der Waals surface area (Å²) in [7, 11) is 0. The monoisotopic (exact) mass is 452 g/mol. The van der Waals surface area contributed by atoms with E-state index in [2.05, 4.69) is 25.4 Å². The van der Waals surface area contributed by atoms with Gasteiger partial charge in [0, 0.05) is 11.8 Å². The molecule has 0 aliphatic heterocycles. The first-order chi connectivity index (χ1) is 15.8. The first-order valence-electron chi connectivity index (χ1n) is 9.56. The van der Waals surface area contributed by atoms with Crippen LogP contribution in [0.2, 0.25) is 0 Å². The molecule has 1 N–H and O–H groups in total. The molecule has 33 heavy (non-hydrogen) atoms. The quantitative estimate of drug-likeness (QED) is 0.403. The molecule has 0 aliphatic rings. The predicted molar refractivity (Wildman–Crippen MR) is 112 cm³/mol. The van der Waals surface area contributed by atoms with Crippen LogP contribution in [0.3, 0.4) is 0 Å². The highest BCUT2D eigenvalue weighted by atomic mass is 19.4. The van der Waals surface area contributed by atoms with E-state index in [-0.39, 0.29) is 34.0 Å². The van der Waals surface area contributed by atoms with Gasteiger partial charge in [-0.05, 0) is 48.5 Å². The van der Waals surface area contributed by atoms with Crippen LogP contribution in [0.5, 0.6) is 0 Å². The van der Waals surface area contributed by atoms with Gasteiger partial charge in [-0.15, -0.1) is 5.10 Å². The van der Waals surface area contributed by atoms with Gasteiger partial charge in [-0.3, -0.25) is 4.79 Å². The summed E-state index contributed by atoms with van der Waals surface area (Å²) >= 11 is 0. The van der Waals surface area contributed by atoms with Crippen molar-refractivity contribution < 1.29 is 17.6 Å². The highest BCUT2D eigenvalue weighted by molar-refractivity contribution is 5.96. The molecule has 0 fully saturated rings. The van der Waals surface area contributed by atoms with E-state index in [1.807, 2.05) is 0 Å². The molecule has 5 aromatic rings. The number of nitrogens with zero attached hydrogens (tertiary/aromatic N) is 5. The number of hydrogen-bond acceptors (Lipinski definition) is 6. The smallest absolute Gasteiger partial charge is 0.319 e. The van der Waals surface area contributed by atoms with E-state index >= 15 is 0 Å². The first kappa shape index (κ1) is 20.5. The Balaban J connectivity index is 1.82. The summed E-state index contributed by atoms with van der Waals surface area (Å²) in [6.45, 7) is 0. The van der Waals surface area contributed by atoms with E-state index in [9.17, 15) is 22.4 Å². The van der Waals surface area contributed by atoms with Gasteiger partial charge in [0.1, 0.15) is 11.5 Å². The van der Waals surface area contributed by atoms with E-state index in [1.165, 1.54) is 48.7 Å². The Kier molecular flexibility index (Phi) is 4.73. The summed E-state index contributed by atoms with van der Waals surface area (Å²) < 4.78 is 55.7. The second-order valence-corrected chi connectivity index (χ2v) is 6.98. The lowest BCUT2D eigenvalue weighted by Crippen LogP contribution is -2.13. The van der Waals surface area contributed by atoms with E-state index in [4.69, 9.17) is 0 Å². The molecule has 0 atom stereocenters. The van der Waals surface area contributed by atoms with E-state index in [1.54, 1.807) is 12.1 Å². The maximum absolute atomic E-state index is 13.8. The maximum atomic E-state index is 13.8. The van der Waals surface area contributed by atoms with Crippen LogP contribution >= 0.6 is 0 Å². The zero-order valence-electron chi connectivity index (χ0n) is 16.5. The van der Waals surface area contributed by atoms with Crippen LogP contribution in [0, 0.1) is 5.82 Å². The maximum Gasteiger partial charge on any atom is 0.417 e. The summed E-state index contributed by atoms with van der Waals surface area (Å²) in [4.78, 5) is 24.5. The lowest BCUT2D eigenvalue weighted by molar-refractivity contribution is -0.136. The van der Waals surface area contributed by atoms with Gasteiger partial charge in [-0.25, -0.2) is 19.3 Å². The second-order valence-electron chi connectivity index (χ2n) is 6.98. The fourth-order valence-corrected chi connectivity index (χ4v) is 3.36. The first-order valence-corrected chi connectivity index (χ1v) is 9.56. The van der Waals surface area contributed by atoms with Gasteiger partial charge in [0.15, 0.2) is 11.5 Å². The lowest BCUT2D eigenvalue weighted by Gasteiger charge is -2.12. The standard InChI is InChI=1S/C22H12F4N6O/c23-13-9-7-12(8-10-13)18-30-19-17-14(22(24,25)26)4-3-6-15(17)28-21(32(19)31-18)29-16-5-1-2-11-27-20(16)33/h1-11H,(H,27,28,29,33). The SMILES string of the molecule is O=c1nccccc1Nc1nc2cccc(C(F)(F)F)c2c2nc(-c3ccc(F)cc3)nn12. The summed E-state index contributed by atoms with van der Waals surface area (Å²) in [5, 5.41) is 6.83. The molecule has 3 heterocycles. The van der Waals surface area contributed by atoms with Gasteiger partial charge in [-0.1, -0.05) is 12.1 Å². The van der Waals surface area contributed by atoms with Crippen LogP contribution in [-0.2, 0) is 6.18 Å². The van der Waals surface area contributed by atoms with Crippen molar-refractivity contribution in [1.29, 1.82) is 0 Å². The van der Waals surface area contributed by atoms with Crippen molar-refractivity contribution in [3.8, 4) is 11.4 Å². The Morgan fingerprint density at radius 3 is 2.45 bits per heavy atom. The van der Waals surface area contributed by atoms with Crippen molar-refractivity contribution in [2.75, 3.05) is 5.32 Å². The Hall–Kier alpha value is -4.41. The highest BCUT2D eigenvalue weighted by Crippen LogP contribution is 2.37. The van der Waals surface area contributed by atoms with Crippen LogP contribution in [0.4, 0.5) is 29.2 Å². The third kappa shape index (κ3) is 3.73. The zero-order valence-corrected chi connectivity index (χ0v) is 16.5. The Morgan fingerprint density at radius 1 is 0.909 bits per heavy atom. The Bertz CT molecular complexity index is 1560. The number of fused-ring (bicyclic) bond motifs is 3. The van der Waals surface area contributed by atoms with E-state index in [0.717, 1.165) is 10.6 Å². The van der Waals surface area contributed by atoms with Gasteiger partial charge >= 0.3 is 6.18 Å². The van der Waals surface area contributed by atoms with Crippen LogP contribution in [-0.4, -0.2) is 24.6 Å². The molecule has 2 aromatic carbocycles. The van der Waals surface area contributed by atoms with E-state index < -0.39 is 23.1 Å². The molecular weight excluding hydrogens is 440 g/mol. The number of alkyl halides is 3. The predicted octanol–water partition coefficient (Wildman–Crippen LogP) is 4.60. The van der Waals surface area contributed by atoms with Crippen molar-refractivity contribution in [2.45, 2.75) is 6.18 Å². The van der Waals surface area contributed by atoms with Crippen molar-refractivity contribution in [1.82, 2.24) is 24.6 Å². The molecule has 0 saturated carbocycles. The molecule has 0 aliphatic carbocycles. The Labute approximate surface area is 182 Å². The molecule has 0 radical (unpaired) electrons. The summed E-state index contributed by atoms with van der Waals surface area (Å²) in [6, 6.07) is 13.4. The molecule has 0 saturated heterocycles. The summed E-state index contributed by atoms with van der Waals surface area (Å²) in [6.07, 6.45) is -3.35. The zero-order chi connectivity index (χ0) is 23.2.